The lowest BCUT2D eigenvalue weighted by Crippen LogP contribution is -2.25. The molecular formula is C13H17FN2O2S2. The van der Waals surface area contributed by atoms with Gasteiger partial charge >= 0.3 is 0 Å². The van der Waals surface area contributed by atoms with Crippen LogP contribution in [0.4, 0.5) is 4.39 Å². The fourth-order valence-electron chi connectivity index (χ4n) is 1.60. The molecule has 0 saturated carbocycles. The Labute approximate surface area is 123 Å². The van der Waals surface area contributed by atoms with Crippen molar-refractivity contribution in [1.82, 2.24) is 4.72 Å². The van der Waals surface area contributed by atoms with Crippen molar-refractivity contribution in [2.24, 2.45) is 0 Å². The summed E-state index contributed by atoms with van der Waals surface area (Å²) < 4.78 is 39.5. The van der Waals surface area contributed by atoms with E-state index in [1.807, 2.05) is 6.26 Å². The number of nitrogens with zero attached hydrogens (tertiary/aromatic N) is 1. The van der Waals surface area contributed by atoms with Gasteiger partial charge in [-0.15, -0.1) is 0 Å². The third-order valence-electron chi connectivity index (χ3n) is 2.69. The largest absolute Gasteiger partial charge is 0.240 e. The summed E-state index contributed by atoms with van der Waals surface area (Å²) in [4.78, 5) is -0.0837. The number of benzene rings is 1. The van der Waals surface area contributed by atoms with E-state index in [4.69, 9.17) is 5.26 Å². The van der Waals surface area contributed by atoms with E-state index in [0.29, 0.717) is 6.54 Å². The second-order valence-corrected chi connectivity index (χ2v) is 6.96. The van der Waals surface area contributed by atoms with Crippen LogP contribution in [0.15, 0.2) is 23.1 Å². The zero-order valence-electron chi connectivity index (χ0n) is 11.2. The molecule has 0 unspecified atom stereocenters. The third kappa shape index (κ3) is 5.12. The van der Waals surface area contributed by atoms with Crippen LogP contribution in [0.25, 0.3) is 0 Å². The first kappa shape index (κ1) is 17.0. The molecule has 0 saturated heterocycles. The highest BCUT2D eigenvalue weighted by atomic mass is 32.2. The fraction of sp³-hybridized carbons (Fsp3) is 0.462. The minimum absolute atomic E-state index is 0.0837. The van der Waals surface area contributed by atoms with Crippen molar-refractivity contribution in [3.63, 3.8) is 0 Å². The molecule has 0 aromatic heterocycles. The Morgan fingerprint density at radius 2 is 2.10 bits per heavy atom. The standard InChI is InChI=1S/C13H17FN2O2S2/c1-19-8-4-2-3-7-16-20(17,18)12-5-6-13(14)11(9-12)10-15/h5-6,9,16H,2-4,7-8H2,1H3. The first-order valence-electron chi connectivity index (χ1n) is 6.19. The van der Waals surface area contributed by atoms with Crippen LogP contribution >= 0.6 is 11.8 Å². The Morgan fingerprint density at radius 3 is 2.75 bits per heavy atom. The predicted octanol–water partition coefficient (Wildman–Crippen LogP) is 2.51. The maximum atomic E-state index is 13.1. The zero-order chi connectivity index (χ0) is 15.0. The number of hydrogen-bond acceptors (Lipinski definition) is 4. The van der Waals surface area contributed by atoms with Crippen molar-refractivity contribution < 1.29 is 12.8 Å². The van der Waals surface area contributed by atoms with E-state index in [-0.39, 0.29) is 10.5 Å². The van der Waals surface area contributed by atoms with Gasteiger partial charge in [-0.25, -0.2) is 17.5 Å². The van der Waals surface area contributed by atoms with Crippen molar-refractivity contribution in [3.05, 3.63) is 29.6 Å². The molecule has 0 aliphatic carbocycles. The van der Waals surface area contributed by atoms with E-state index in [1.165, 1.54) is 0 Å². The van der Waals surface area contributed by atoms with Crippen LogP contribution in [0.5, 0.6) is 0 Å². The van der Waals surface area contributed by atoms with Crippen molar-refractivity contribution in [2.75, 3.05) is 18.6 Å². The predicted molar refractivity (Wildman–Crippen MR) is 78.5 cm³/mol. The normalized spacial score (nSPS) is 11.2. The molecule has 1 aromatic carbocycles. The van der Waals surface area contributed by atoms with E-state index in [0.717, 1.165) is 43.2 Å². The molecule has 0 aliphatic rings. The van der Waals surface area contributed by atoms with Crippen LogP contribution in [0.1, 0.15) is 24.8 Å². The van der Waals surface area contributed by atoms with Crippen molar-refractivity contribution in [2.45, 2.75) is 24.2 Å². The number of nitrogens with one attached hydrogen (secondary N) is 1. The summed E-state index contributed by atoms with van der Waals surface area (Å²) in [6.45, 7) is 0.343. The van der Waals surface area contributed by atoms with Gasteiger partial charge in [-0.1, -0.05) is 6.42 Å². The first-order chi connectivity index (χ1) is 9.51. The molecule has 110 valence electrons. The lowest BCUT2D eigenvalue weighted by Gasteiger charge is -2.07. The van der Waals surface area contributed by atoms with Gasteiger partial charge in [-0.05, 0) is 43.0 Å². The summed E-state index contributed by atoms with van der Waals surface area (Å²) in [5.74, 6) is 0.347. The highest BCUT2D eigenvalue weighted by molar-refractivity contribution is 7.98. The van der Waals surface area contributed by atoms with E-state index < -0.39 is 15.8 Å². The van der Waals surface area contributed by atoms with Crippen LogP contribution in [-0.2, 0) is 10.0 Å². The Morgan fingerprint density at radius 1 is 1.35 bits per heavy atom. The second kappa shape index (κ2) is 8.25. The number of sulfonamides is 1. The topological polar surface area (TPSA) is 70.0 Å². The first-order valence-corrected chi connectivity index (χ1v) is 9.07. The van der Waals surface area contributed by atoms with Gasteiger partial charge in [0, 0.05) is 6.54 Å². The Balaban J connectivity index is 2.59. The Bertz CT molecular complexity index is 583. The fourth-order valence-corrected chi connectivity index (χ4v) is 3.19. The molecule has 7 heteroatoms. The quantitative estimate of drug-likeness (QED) is 0.748. The summed E-state index contributed by atoms with van der Waals surface area (Å²) in [6, 6.07) is 4.83. The number of halogens is 1. The number of hydrogen-bond donors (Lipinski definition) is 1. The molecule has 0 spiro atoms. The molecule has 0 radical (unpaired) electrons. The molecule has 0 aliphatic heterocycles. The van der Waals surface area contributed by atoms with Crippen LogP contribution in [-0.4, -0.2) is 27.0 Å². The average Bonchev–Trinajstić information content (AvgIpc) is 2.43. The molecule has 0 heterocycles. The smallest absolute Gasteiger partial charge is 0.211 e. The van der Waals surface area contributed by atoms with Crippen molar-refractivity contribution in [1.29, 1.82) is 5.26 Å². The van der Waals surface area contributed by atoms with Crippen LogP contribution < -0.4 is 4.72 Å². The molecule has 0 bridgehead atoms. The Hall–Kier alpha value is -1.10. The van der Waals surface area contributed by atoms with Gasteiger partial charge in [-0.2, -0.15) is 17.0 Å². The lowest BCUT2D eigenvalue weighted by atomic mass is 10.2. The summed E-state index contributed by atoms with van der Waals surface area (Å²) in [5.41, 5.74) is -0.271. The second-order valence-electron chi connectivity index (χ2n) is 4.20. The van der Waals surface area contributed by atoms with Crippen molar-refractivity contribution in [3.8, 4) is 6.07 Å². The molecule has 1 N–H and O–H groups in total. The molecule has 0 atom stereocenters. The lowest BCUT2D eigenvalue weighted by molar-refractivity contribution is 0.575. The summed E-state index contributed by atoms with van der Waals surface area (Å²) in [6.07, 6.45) is 4.80. The van der Waals surface area contributed by atoms with Gasteiger partial charge in [0.1, 0.15) is 11.9 Å². The molecule has 0 amide bonds. The third-order valence-corrected chi connectivity index (χ3v) is 4.84. The van der Waals surface area contributed by atoms with Gasteiger partial charge in [0.05, 0.1) is 10.5 Å². The molecular weight excluding hydrogens is 299 g/mol. The van der Waals surface area contributed by atoms with Gasteiger partial charge in [0.2, 0.25) is 10.0 Å². The number of unbranched alkanes of at least 4 members (excludes halogenated alkanes) is 2. The monoisotopic (exact) mass is 316 g/mol. The number of rotatable bonds is 8. The Kier molecular flexibility index (Phi) is 6.99. The highest BCUT2D eigenvalue weighted by Gasteiger charge is 2.15. The summed E-state index contributed by atoms with van der Waals surface area (Å²) >= 11 is 1.76. The van der Waals surface area contributed by atoms with E-state index in [9.17, 15) is 12.8 Å². The highest BCUT2D eigenvalue weighted by Crippen LogP contribution is 2.14. The van der Waals surface area contributed by atoms with Gasteiger partial charge in [-0.3, -0.25) is 0 Å². The maximum absolute atomic E-state index is 13.1. The van der Waals surface area contributed by atoms with E-state index >= 15 is 0 Å². The average molecular weight is 316 g/mol. The maximum Gasteiger partial charge on any atom is 0.240 e. The summed E-state index contributed by atoms with van der Waals surface area (Å²) in [5, 5.41) is 8.70. The SMILES string of the molecule is CSCCCCCNS(=O)(=O)c1ccc(F)c(C#N)c1. The van der Waals surface area contributed by atoms with Crippen molar-refractivity contribution >= 4 is 21.8 Å². The zero-order valence-corrected chi connectivity index (χ0v) is 12.9. The van der Waals surface area contributed by atoms with E-state index in [2.05, 4.69) is 4.72 Å². The number of nitriles is 1. The van der Waals surface area contributed by atoms with Gasteiger partial charge in [0.15, 0.2) is 0 Å². The minimum atomic E-state index is -3.68. The van der Waals surface area contributed by atoms with Crippen LogP contribution in [0.3, 0.4) is 0 Å². The van der Waals surface area contributed by atoms with Crippen LogP contribution in [0.2, 0.25) is 0 Å². The van der Waals surface area contributed by atoms with E-state index in [1.54, 1.807) is 17.8 Å². The minimum Gasteiger partial charge on any atom is -0.211 e. The van der Waals surface area contributed by atoms with Gasteiger partial charge in [0.25, 0.3) is 0 Å². The summed E-state index contributed by atoms with van der Waals surface area (Å²) in [7, 11) is -3.68. The number of thioether (sulfide) groups is 1. The molecule has 4 nitrogen and oxygen atoms in total. The molecule has 1 aromatic rings. The molecule has 1 rings (SSSR count). The van der Waals surface area contributed by atoms with Crippen LogP contribution in [0, 0.1) is 17.1 Å². The molecule has 20 heavy (non-hydrogen) atoms. The molecule has 0 fully saturated rings. The van der Waals surface area contributed by atoms with Gasteiger partial charge < -0.3 is 0 Å².